The van der Waals surface area contributed by atoms with E-state index >= 15 is 0 Å². The molecule has 0 saturated heterocycles. The molecule has 1 unspecified atom stereocenters. The summed E-state index contributed by atoms with van der Waals surface area (Å²) < 4.78 is 10.8. The monoisotopic (exact) mass is 267 g/mol. The lowest BCUT2D eigenvalue weighted by Gasteiger charge is -2.26. The number of carboxylic acid groups (broad SMARTS) is 1. The molecule has 6 heteroatoms. The highest BCUT2D eigenvalue weighted by Gasteiger charge is 2.43. The van der Waals surface area contributed by atoms with Crippen molar-refractivity contribution in [1.29, 1.82) is 0 Å². The van der Waals surface area contributed by atoms with Crippen LogP contribution in [-0.4, -0.2) is 35.4 Å². The fourth-order valence-electron chi connectivity index (χ4n) is 2.31. The number of ether oxygens (including phenoxy) is 2. The average Bonchev–Trinajstić information content (AvgIpc) is 2.56. The Kier molecular flexibility index (Phi) is 3.28. The lowest BCUT2D eigenvalue weighted by Crippen LogP contribution is -2.41. The molecule has 6 nitrogen and oxygen atoms in total. The van der Waals surface area contributed by atoms with E-state index in [1.165, 1.54) is 13.2 Å². The van der Waals surface area contributed by atoms with Gasteiger partial charge in [0.25, 0.3) is 0 Å². The standard InChI is InChI=1S/C13H17NO5/c1-13(2)12(14-6-10(16)17)11-8(15)4-7(18-3)5-9(11)19-13/h4-5,12,14-15H,6H2,1-3H3,(H,16,17). The Bertz CT molecular complexity index is 512. The van der Waals surface area contributed by atoms with Gasteiger partial charge in [0.1, 0.15) is 22.8 Å². The first-order valence-electron chi connectivity index (χ1n) is 5.90. The number of nitrogens with one attached hydrogen (secondary N) is 1. The van der Waals surface area contributed by atoms with Crippen LogP contribution in [0.15, 0.2) is 12.1 Å². The van der Waals surface area contributed by atoms with Crippen molar-refractivity contribution in [3.05, 3.63) is 17.7 Å². The number of fused-ring (bicyclic) bond motifs is 1. The van der Waals surface area contributed by atoms with E-state index in [1.807, 2.05) is 13.8 Å². The quantitative estimate of drug-likeness (QED) is 0.761. The SMILES string of the molecule is COc1cc(O)c2c(c1)OC(C)(C)C2NCC(=O)O. The predicted octanol–water partition coefficient (Wildman–Crippen LogP) is 1.29. The molecule has 104 valence electrons. The first-order chi connectivity index (χ1) is 8.85. The topological polar surface area (TPSA) is 88.0 Å². The average molecular weight is 267 g/mol. The fourth-order valence-corrected chi connectivity index (χ4v) is 2.31. The van der Waals surface area contributed by atoms with Crippen molar-refractivity contribution in [3.8, 4) is 17.2 Å². The summed E-state index contributed by atoms with van der Waals surface area (Å²) in [4.78, 5) is 10.7. The Morgan fingerprint density at radius 3 is 2.79 bits per heavy atom. The Morgan fingerprint density at radius 2 is 2.21 bits per heavy atom. The number of phenolic OH excluding ortho intramolecular Hbond substituents is 1. The van der Waals surface area contributed by atoms with Crippen LogP contribution in [-0.2, 0) is 4.79 Å². The zero-order valence-electron chi connectivity index (χ0n) is 11.1. The number of carboxylic acids is 1. The molecule has 3 N–H and O–H groups in total. The van der Waals surface area contributed by atoms with Gasteiger partial charge in [-0.1, -0.05) is 0 Å². The predicted molar refractivity (Wildman–Crippen MR) is 67.7 cm³/mol. The van der Waals surface area contributed by atoms with E-state index in [2.05, 4.69) is 5.32 Å². The summed E-state index contributed by atoms with van der Waals surface area (Å²) in [6.07, 6.45) is 0. The van der Waals surface area contributed by atoms with Crippen LogP contribution in [0.1, 0.15) is 25.5 Å². The smallest absolute Gasteiger partial charge is 0.317 e. The number of carbonyl (C=O) groups is 1. The van der Waals surface area contributed by atoms with Crippen molar-refractivity contribution in [3.63, 3.8) is 0 Å². The van der Waals surface area contributed by atoms with E-state index in [4.69, 9.17) is 14.6 Å². The lowest BCUT2D eigenvalue weighted by molar-refractivity contribution is -0.136. The molecule has 1 aromatic carbocycles. The maximum absolute atomic E-state index is 10.7. The van der Waals surface area contributed by atoms with Gasteiger partial charge in [-0.15, -0.1) is 0 Å². The molecular weight excluding hydrogens is 250 g/mol. The molecule has 0 saturated carbocycles. The van der Waals surface area contributed by atoms with Gasteiger partial charge in [-0.3, -0.25) is 10.1 Å². The van der Waals surface area contributed by atoms with Crippen LogP contribution in [0.2, 0.25) is 0 Å². The third kappa shape index (κ3) is 2.44. The van der Waals surface area contributed by atoms with Crippen molar-refractivity contribution in [1.82, 2.24) is 5.32 Å². The molecule has 19 heavy (non-hydrogen) atoms. The molecule has 1 aliphatic heterocycles. The van der Waals surface area contributed by atoms with Crippen molar-refractivity contribution >= 4 is 5.97 Å². The molecule has 1 aromatic rings. The molecule has 0 fully saturated rings. The molecule has 1 aliphatic rings. The van der Waals surface area contributed by atoms with E-state index in [0.29, 0.717) is 17.1 Å². The minimum Gasteiger partial charge on any atom is -0.507 e. The third-order valence-corrected chi connectivity index (χ3v) is 3.14. The summed E-state index contributed by atoms with van der Waals surface area (Å²) in [5, 5.41) is 21.7. The number of hydrogen-bond donors (Lipinski definition) is 3. The highest BCUT2D eigenvalue weighted by atomic mass is 16.5. The van der Waals surface area contributed by atoms with Crippen LogP contribution in [0.3, 0.4) is 0 Å². The summed E-state index contributed by atoms with van der Waals surface area (Å²) in [5.74, 6) is 0.0655. The normalized spacial score (nSPS) is 19.6. The first-order valence-corrected chi connectivity index (χ1v) is 5.90. The van der Waals surface area contributed by atoms with Crippen molar-refractivity contribution in [2.45, 2.75) is 25.5 Å². The summed E-state index contributed by atoms with van der Waals surface area (Å²) in [6, 6.07) is 2.77. The Balaban J connectivity index is 2.38. The lowest BCUT2D eigenvalue weighted by atomic mass is 9.93. The Labute approximate surface area is 111 Å². The minimum atomic E-state index is -0.961. The van der Waals surface area contributed by atoms with Gasteiger partial charge in [-0.25, -0.2) is 0 Å². The van der Waals surface area contributed by atoms with Gasteiger partial charge in [-0.05, 0) is 13.8 Å². The van der Waals surface area contributed by atoms with E-state index in [1.54, 1.807) is 6.07 Å². The Hall–Kier alpha value is -1.95. The highest BCUT2D eigenvalue weighted by molar-refractivity contribution is 5.69. The molecular formula is C13H17NO5. The van der Waals surface area contributed by atoms with Gasteiger partial charge in [0.05, 0.1) is 25.3 Å². The van der Waals surface area contributed by atoms with E-state index in [-0.39, 0.29) is 12.3 Å². The number of hydrogen-bond acceptors (Lipinski definition) is 5. The van der Waals surface area contributed by atoms with Crippen LogP contribution < -0.4 is 14.8 Å². The molecule has 0 aliphatic carbocycles. The van der Waals surface area contributed by atoms with E-state index in [0.717, 1.165) is 0 Å². The zero-order valence-corrected chi connectivity index (χ0v) is 11.1. The van der Waals surface area contributed by atoms with Gasteiger partial charge in [0.15, 0.2) is 0 Å². The zero-order chi connectivity index (χ0) is 14.2. The summed E-state index contributed by atoms with van der Waals surface area (Å²) in [7, 11) is 1.50. The number of aliphatic carboxylic acids is 1. The van der Waals surface area contributed by atoms with Crippen LogP contribution in [0.25, 0.3) is 0 Å². The molecule has 2 rings (SSSR count). The van der Waals surface area contributed by atoms with Gasteiger partial charge < -0.3 is 19.7 Å². The van der Waals surface area contributed by atoms with Crippen LogP contribution in [0.4, 0.5) is 0 Å². The van der Waals surface area contributed by atoms with Gasteiger partial charge in [-0.2, -0.15) is 0 Å². The van der Waals surface area contributed by atoms with E-state index < -0.39 is 17.6 Å². The molecule has 0 amide bonds. The van der Waals surface area contributed by atoms with Gasteiger partial charge in [0.2, 0.25) is 0 Å². The number of methoxy groups -OCH3 is 1. The Morgan fingerprint density at radius 1 is 1.53 bits per heavy atom. The van der Waals surface area contributed by atoms with Crippen molar-refractivity contribution in [2.75, 3.05) is 13.7 Å². The van der Waals surface area contributed by atoms with E-state index in [9.17, 15) is 9.90 Å². The fraction of sp³-hybridized carbons (Fsp3) is 0.462. The number of rotatable bonds is 4. The minimum absolute atomic E-state index is 0.0304. The molecule has 1 atom stereocenters. The second-order valence-electron chi connectivity index (χ2n) is 4.97. The number of benzene rings is 1. The van der Waals surface area contributed by atoms with Crippen LogP contribution in [0.5, 0.6) is 17.2 Å². The first kappa shape index (κ1) is 13.5. The van der Waals surface area contributed by atoms with Crippen LogP contribution in [0, 0.1) is 0 Å². The van der Waals surface area contributed by atoms with Gasteiger partial charge in [0, 0.05) is 12.1 Å². The second-order valence-corrected chi connectivity index (χ2v) is 4.97. The molecule has 1 heterocycles. The van der Waals surface area contributed by atoms with Crippen molar-refractivity contribution < 1.29 is 24.5 Å². The maximum atomic E-state index is 10.7. The second kappa shape index (κ2) is 4.62. The van der Waals surface area contributed by atoms with Crippen LogP contribution >= 0.6 is 0 Å². The summed E-state index contributed by atoms with van der Waals surface area (Å²) in [6.45, 7) is 3.46. The highest BCUT2D eigenvalue weighted by Crippen LogP contribution is 2.49. The number of aromatic hydroxyl groups is 1. The van der Waals surface area contributed by atoms with Crippen molar-refractivity contribution in [2.24, 2.45) is 0 Å². The molecule has 0 spiro atoms. The molecule has 0 radical (unpaired) electrons. The molecule has 0 bridgehead atoms. The van der Waals surface area contributed by atoms with Gasteiger partial charge >= 0.3 is 5.97 Å². The third-order valence-electron chi connectivity index (χ3n) is 3.14. The molecule has 0 aromatic heterocycles. The summed E-state index contributed by atoms with van der Waals surface area (Å²) >= 11 is 0. The summed E-state index contributed by atoms with van der Waals surface area (Å²) in [5.41, 5.74) is -0.0891. The number of phenols is 1. The maximum Gasteiger partial charge on any atom is 0.317 e. The largest absolute Gasteiger partial charge is 0.507 e.